The van der Waals surface area contributed by atoms with E-state index in [1.807, 2.05) is 30.3 Å². The van der Waals surface area contributed by atoms with Crippen molar-refractivity contribution >= 4 is 0 Å². The molecule has 0 saturated carbocycles. The van der Waals surface area contributed by atoms with E-state index >= 15 is 0 Å². The van der Waals surface area contributed by atoms with E-state index in [0.29, 0.717) is 0 Å². The molecule has 0 spiro atoms. The summed E-state index contributed by atoms with van der Waals surface area (Å²) in [4.78, 5) is 0. The minimum atomic E-state index is -0.0129. The van der Waals surface area contributed by atoms with E-state index in [9.17, 15) is 5.11 Å². The van der Waals surface area contributed by atoms with Crippen molar-refractivity contribution < 1.29 is 5.11 Å². The van der Waals surface area contributed by atoms with Gasteiger partial charge in [0, 0.05) is 25.0 Å². The first-order valence-electron chi connectivity index (χ1n) is 6.64. The van der Waals surface area contributed by atoms with Crippen LogP contribution in [0.25, 0.3) is 0 Å². The lowest BCUT2D eigenvalue weighted by molar-refractivity contribution is 0.243. The largest absolute Gasteiger partial charge is 0.394 e. The van der Waals surface area contributed by atoms with Gasteiger partial charge in [-0.3, -0.25) is 0 Å². The van der Waals surface area contributed by atoms with Gasteiger partial charge >= 0.3 is 0 Å². The summed E-state index contributed by atoms with van der Waals surface area (Å²) in [5.74, 6) is 0. The first-order chi connectivity index (χ1) is 9.13. The van der Waals surface area contributed by atoms with Crippen LogP contribution in [-0.2, 0) is 13.6 Å². The Bertz CT molecular complexity index is 531. The molecule has 0 radical (unpaired) electrons. The highest BCUT2D eigenvalue weighted by Crippen LogP contribution is 2.16. The molecular weight excluding hydrogens is 236 g/mol. The maximum Gasteiger partial charge on any atom is 0.0626 e. The standard InChI is InChI=1S/C16H22N2O/c1-12-9-15(13(2)18(12)3)10-17-16(11-19)14-7-5-4-6-8-14/h4-9,16-17,19H,10-11H2,1-3H3/t16-/m0/s1. The van der Waals surface area contributed by atoms with Crippen molar-refractivity contribution in [3.63, 3.8) is 0 Å². The Morgan fingerprint density at radius 1 is 1.21 bits per heavy atom. The van der Waals surface area contributed by atoms with Crippen LogP contribution in [0.5, 0.6) is 0 Å². The summed E-state index contributed by atoms with van der Waals surface area (Å²) < 4.78 is 2.19. The molecule has 2 N–H and O–H groups in total. The van der Waals surface area contributed by atoms with Gasteiger partial charge < -0.3 is 15.0 Å². The quantitative estimate of drug-likeness (QED) is 0.864. The van der Waals surface area contributed by atoms with Crippen LogP contribution in [-0.4, -0.2) is 16.3 Å². The molecule has 0 amide bonds. The molecule has 0 fully saturated rings. The zero-order valence-corrected chi connectivity index (χ0v) is 11.9. The molecule has 1 aromatic heterocycles. The molecule has 0 aliphatic rings. The molecule has 0 aliphatic heterocycles. The van der Waals surface area contributed by atoms with E-state index in [0.717, 1.165) is 12.1 Å². The minimum Gasteiger partial charge on any atom is -0.394 e. The molecule has 102 valence electrons. The molecule has 0 unspecified atom stereocenters. The molecule has 1 aromatic carbocycles. The van der Waals surface area contributed by atoms with Crippen LogP contribution >= 0.6 is 0 Å². The van der Waals surface area contributed by atoms with E-state index in [1.54, 1.807) is 0 Å². The van der Waals surface area contributed by atoms with Crippen molar-refractivity contribution in [1.29, 1.82) is 0 Å². The monoisotopic (exact) mass is 258 g/mol. The van der Waals surface area contributed by atoms with E-state index in [2.05, 4.69) is 36.8 Å². The number of nitrogens with one attached hydrogen (secondary N) is 1. The third-order valence-electron chi connectivity index (χ3n) is 3.80. The molecule has 2 rings (SSSR count). The maximum absolute atomic E-state index is 9.52. The lowest BCUT2D eigenvalue weighted by Crippen LogP contribution is -2.24. The molecule has 3 nitrogen and oxygen atoms in total. The molecule has 19 heavy (non-hydrogen) atoms. The van der Waals surface area contributed by atoms with Crippen molar-refractivity contribution in [3.05, 3.63) is 58.9 Å². The van der Waals surface area contributed by atoms with Crippen molar-refractivity contribution in [2.75, 3.05) is 6.61 Å². The Morgan fingerprint density at radius 2 is 1.89 bits per heavy atom. The minimum absolute atomic E-state index is 0.0129. The normalized spacial score (nSPS) is 12.6. The molecule has 0 saturated heterocycles. The summed E-state index contributed by atoms with van der Waals surface area (Å²) >= 11 is 0. The zero-order chi connectivity index (χ0) is 13.8. The van der Waals surface area contributed by atoms with Crippen LogP contribution in [0, 0.1) is 13.8 Å². The third kappa shape index (κ3) is 3.06. The summed E-state index contributed by atoms with van der Waals surface area (Å²) in [5.41, 5.74) is 4.94. The Labute approximate surface area is 114 Å². The van der Waals surface area contributed by atoms with Gasteiger partial charge in [-0.2, -0.15) is 0 Å². The Morgan fingerprint density at radius 3 is 2.42 bits per heavy atom. The molecule has 0 aliphatic carbocycles. The number of aliphatic hydroxyl groups excluding tert-OH is 1. The van der Waals surface area contributed by atoms with Crippen LogP contribution in [0.1, 0.15) is 28.6 Å². The van der Waals surface area contributed by atoms with Gasteiger partial charge in [0.25, 0.3) is 0 Å². The molecule has 0 bridgehead atoms. The number of aliphatic hydroxyl groups is 1. The average Bonchev–Trinajstić information content (AvgIpc) is 2.68. The van der Waals surface area contributed by atoms with Gasteiger partial charge in [0.1, 0.15) is 0 Å². The van der Waals surface area contributed by atoms with E-state index < -0.39 is 0 Å². The Balaban J connectivity index is 2.06. The second-order valence-electron chi connectivity index (χ2n) is 4.98. The predicted molar refractivity (Wildman–Crippen MR) is 78.0 cm³/mol. The number of hydrogen-bond acceptors (Lipinski definition) is 2. The Hall–Kier alpha value is -1.58. The van der Waals surface area contributed by atoms with Crippen LogP contribution in [0.3, 0.4) is 0 Å². The number of nitrogens with zero attached hydrogens (tertiary/aromatic N) is 1. The SMILES string of the molecule is Cc1cc(CN[C@@H](CO)c2ccccc2)c(C)n1C. The summed E-state index contributed by atoms with van der Waals surface area (Å²) in [5, 5.41) is 12.9. The number of aromatic nitrogens is 1. The highest BCUT2D eigenvalue weighted by atomic mass is 16.3. The molecule has 3 heteroatoms. The van der Waals surface area contributed by atoms with Crippen molar-refractivity contribution in [1.82, 2.24) is 9.88 Å². The van der Waals surface area contributed by atoms with Crippen LogP contribution < -0.4 is 5.32 Å². The van der Waals surface area contributed by atoms with Gasteiger partial charge in [-0.05, 0) is 31.0 Å². The fourth-order valence-electron chi connectivity index (χ4n) is 2.32. The van der Waals surface area contributed by atoms with Gasteiger partial charge in [-0.25, -0.2) is 0 Å². The first kappa shape index (κ1) is 13.8. The van der Waals surface area contributed by atoms with Crippen molar-refractivity contribution in [2.24, 2.45) is 7.05 Å². The molecule has 2 aromatic rings. The fourth-order valence-corrected chi connectivity index (χ4v) is 2.32. The van der Waals surface area contributed by atoms with E-state index in [-0.39, 0.29) is 12.6 Å². The summed E-state index contributed by atoms with van der Waals surface area (Å²) in [6.45, 7) is 5.11. The van der Waals surface area contributed by atoms with Crippen LogP contribution in [0.2, 0.25) is 0 Å². The fraction of sp³-hybridized carbons (Fsp3) is 0.375. The summed E-state index contributed by atoms with van der Waals surface area (Å²) in [6, 6.07) is 12.2. The third-order valence-corrected chi connectivity index (χ3v) is 3.80. The van der Waals surface area contributed by atoms with Crippen molar-refractivity contribution in [2.45, 2.75) is 26.4 Å². The lowest BCUT2D eigenvalue weighted by atomic mass is 10.1. The predicted octanol–water partition coefficient (Wildman–Crippen LogP) is 2.47. The molecular formula is C16H22N2O. The second-order valence-corrected chi connectivity index (χ2v) is 4.98. The number of rotatable bonds is 5. The van der Waals surface area contributed by atoms with Gasteiger partial charge in [0.2, 0.25) is 0 Å². The van der Waals surface area contributed by atoms with Crippen molar-refractivity contribution in [3.8, 4) is 0 Å². The van der Waals surface area contributed by atoms with E-state index in [4.69, 9.17) is 0 Å². The van der Waals surface area contributed by atoms with Gasteiger partial charge in [-0.15, -0.1) is 0 Å². The average molecular weight is 258 g/mol. The van der Waals surface area contributed by atoms with Crippen LogP contribution in [0.4, 0.5) is 0 Å². The van der Waals surface area contributed by atoms with Gasteiger partial charge in [0.05, 0.1) is 12.6 Å². The smallest absolute Gasteiger partial charge is 0.0626 e. The summed E-state index contributed by atoms with van der Waals surface area (Å²) in [6.07, 6.45) is 0. The zero-order valence-electron chi connectivity index (χ0n) is 11.9. The second kappa shape index (κ2) is 6.04. The highest BCUT2D eigenvalue weighted by molar-refractivity contribution is 5.27. The topological polar surface area (TPSA) is 37.2 Å². The number of aryl methyl sites for hydroxylation is 1. The van der Waals surface area contributed by atoms with E-state index in [1.165, 1.54) is 17.0 Å². The molecule has 1 atom stereocenters. The summed E-state index contributed by atoms with van der Waals surface area (Å²) in [7, 11) is 2.08. The maximum atomic E-state index is 9.52. The number of hydrogen-bond donors (Lipinski definition) is 2. The molecule has 1 heterocycles. The lowest BCUT2D eigenvalue weighted by Gasteiger charge is -2.16. The van der Waals surface area contributed by atoms with Crippen LogP contribution in [0.15, 0.2) is 36.4 Å². The number of benzene rings is 1. The van der Waals surface area contributed by atoms with Gasteiger partial charge in [-0.1, -0.05) is 30.3 Å². The van der Waals surface area contributed by atoms with Gasteiger partial charge in [0.15, 0.2) is 0 Å². The first-order valence-corrected chi connectivity index (χ1v) is 6.64. The highest BCUT2D eigenvalue weighted by Gasteiger charge is 2.11. The Kier molecular flexibility index (Phi) is 4.40.